The molecule has 0 aromatic heterocycles. The Morgan fingerprint density at radius 1 is 1.42 bits per heavy atom. The average molecular weight is 263 g/mol. The first-order chi connectivity index (χ1) is 9.20. The summed E-state index contributed by atoms with van der Waals surface area (Å²) >= 11 is 0. The Bertz CT molecular complexity index is 427. The van der Waals surface area contributed by atoms with Crippen LogP contribution >= 0.6 is 0 Å². The Morgan fingerprint density at radius 3 is 2.95 bits per heavy atom. The molecule has 1 N–H and O–H groups in total. The summed E-state index contributed by atoms with van der Waals surface area (Å²) in [5.41, 5.74) is 0.517. The van der Waals surface area contributed by atoms with E-state index in [1.54, 1.807) is 12.1 Å². The van der Waals surface area contributed by atoms with Crippen molar-refractivity contribution in [1.82, 2.24) is 5.32 Å². The Labute approximate surface area is 114 Å². The summed E-state index contributed by atoms with van der Waals surface area (Å²) < 4.78 is 10.6. The molecule has 1 aromatic rings. The van der Waals surface area contributed by atoms with Gasteiger partial charge in [-0.25, -0.2) is 4.79 Å². The smallest absolute Gasteiger partial charge is 0.337 e. The lowest BCUT2D eigenvalue weighted by atomic mass is 10.0. The molecule has 2 unspecified atom stereocenters. The van der Waals surface area contributed by atoms with E-state index in [0.717, 1.165) is 13.0 Å². The van der Waals surface area contributed by atoms with Crippen LogP contribution in [0.15, 0.2) is 24.3 Å². The van der Waals surface area contributed by atoms with Gasteiger partial charge in [-0.2, -0.15) is 0 Å². The minimum atomic E-state index is -0.339. The minimum Gasteiger partial charge on any atom is -0.489 e. The van der Waals surface area contributed by atoms with Crippen molar-refractivity contribution in [3.05, 3.63) is 29.8 Å². The van der Waals surface area contributed by atoms with E-state index < -0.39 is 0 Å². The summed E-state index contributed by atoms with van der Waals surface area (Å²) in [5.74, 6) is 0.372. The van der Waals surface area contributed by atoms with E-state index in [-0.39, 0.29) is 12.1 Å². The monoisotopic (exact) mass is 263 g/mol. The third-order valence-corrected chi connectivity index (χ3v) is 3.49. The van der Waals surface area contributed by atoms with Crippen molar-refractivity contribution in [2.45, 2.75) is 38.3 Å². The van der Waals surface area contributed by atoms with Crippen molar-refractivity contribution in [2.75, 3.05) is 13.7 Å². The van der Waals surface area contributed by atoms with E-state index in [1.165, 1.54) is 20.0 Å². The lowest BCUT2D eigenvalue weighted by molar-refractivity contribution is 0.0599. The highest BCUT2D eigenvalue weighted by molar-refractivity contribution is 5.89. The summed E-state index contributed by atoms with van der Waals surface area (Å²) in [6, 6.07) is 7.51. The van der Waals surface area contributed by atoms with Crippen LogP contribution in [0.3, 0.4) is 0 Å². The first-order valence-corrected chi connectivity index (χ1v) is 6.79. The standard InChI is InChI=1S/C15H21NO3/c1-11(14-8-3-4-9-16-14)19-13-7-5-6-12(10-13)15(17)18-2/h5-7,10-11,14,16H,3-4,8-9H2,1-2H3. The Balaban J connectivity index is 1.99. The normalized spacial score (nSPS) is 20.6. The molecule has 1 fully saturated rings. The number of hydrogen-bond donors (Lipinski definition) is 1. The molecule has 0 bridgehead atoms. The van der Waals surface area contributed by atoms with Crippen LogP contribution in [0.5, 0.6) is 5.75 Å². The second kappa shape index (κ2) is 6.57. The first-order valence-electron chi connectivity index (χ1n) is 6.79. The van der Waals surface area contributed by atoms with Crippen LogP contribution in [0, 0.1) is 0 Å². The second-order valence-corrected chi connectivity index (χ2v) is 4.90. The zero-order chi connectivity index (χ0) is 13.7. The highest BCUT2D eigenvalue weighted by Gasteiger charge is 2.21. The average Bonchev–Trinajstić information content (AvgIpc) is 2.47. The number of hydrogen-bond acceptors (Lipinski definition) is 4. The fourth-order valence-electron chi connectivity index (χ4n) is 2.39. The third-order valence-electron chi connectivity index (χ3n) is 3.49. The van der Waals surface area contributed by atoms with Gasteiger partial charge in [0.1, 0.15) is 11.9 Å². The van der Waals surface area contributed by atoms with Crippen LogP contribution in [0.2, 0.25) is 0 Å². The van der Waals surface area contributed by atoms with E-state index >= 15 is 0 Å². The predicted octanol–water partition coefficient (Wildman–Crippen LogP) is 2.38. The molecule has 0 aliphatic carbocycles. The maximum absolute atomic E-state index is 11.5. The molecule has 0 saturated carbocycles. The number of piperidine rings is 1. The number of benzene rings is 1. The van der Waals surface area contributed by atoms with Crippen LogP contribution in [-0.2, 0) is 4.74 Å². The summed E-state index contributed by atoms with van der Waals surface area (Å²) in [6.45, 7) is 3.12. The summed E-state index contributed by atoms with van der Waals surface area (Å²) in [7, 11) is 1.38. The van der Waals surface area contributed by atoms with E-state index in [2.05, 4.69) is 12.2 Å². The number of methoxy groups -OCH3 is 1. The van der Waals surface area contributed by atoms with Crippen LogP contribution in [-0.4, -0.2) is 31.8 Å². The molecular weight excluding hydrogens is 242 g/mol. The zero-order valence-electron chi connectivity index (χ0n) is 11.5. The van der Waals surface area contributed by atoms with Gasteiger partial charge in [-0.15, -0.1) is 0 Å². The lowest BCUT2D eigenvalue weighted by Crippen LogP contribution is -2.44. The maximum Gasteiger partial charge on any atom is 0.337 e. The molecule has 1 heterocycles. The predicted molar refractivity (Wildman–Crippen MR) is 73.5 cm³/mol. The van der Waals surface area contributed by atoms with Gasteiger partial charge < -0.3 is 14.8 Å². The molecule has 2 rings (SSSR count). The van der Waals surface area contributed by atoms with Crippen LogP contribution in [0.4, 0.5) is 0 Å². The third kappa shape index (κ3) is 3.70. The maximum atomic E-state index is 11.5. The number of esters is 1. The van der Waals surface area contributed by atoms with Crippen molar-refractivity contribution in [3.8, 4) is 5.75 Å². The van der Waals surface area contributed by atoms with Gasteiger partial charge in [0.05, 0.1) is 12.7 Å². The number of carbonyl (C=O) groups is 1. The van der Waals surface area contributed by atoms with Crippen molar-refractivity contribution in [3.63, 3.8) is 0 Å². The molecule has 1 saturated heterocycles. The highest BCUT2D eigenvalue weighted by atomic mass is 16.5. The topological polar surface area (TPSA) is 47.6 Å². The van der Waals surface area contributed by atoms with E-state index in [4.69, 9.17) is 9.47 Å². The van der Waals surface area contributed by atoms with Crippen molar-refractivity contribution >= 4 is 5.97 Å². The van der Waals surface area contributed by atoms with Gasteiger partial charge >= 0.3 is 5.97 Å². The Hall–Kier alpha value is -1.55. The molecule has 4 heteroatoms. The van der Waals surface area contributed by atoms with Crippen molar-refractivity contribution in [2.24, 2.45) is 0 Å². The second-order valence-electron chi connectivity index (χ2n) is 4.90. The molecule has 0 amide bonds. The van der Waals surface area contributed by atoms with Gasteiger partial charge in [-0.1, -0.05) is 12.5 Å². The molecule has 1 aliphatic heterocycles. The quantitative estimate of drug-likeness (QED) is 0.847. The summed E-state index contributed by atoms with van der Waals surface area (Å²) in [6.07, 6.45) is 3.71. The van der Waals surface area contributed by atoms with E-state index in [0.29, 0.717) is 17.4 Å². The van der Waals surface area contributed by atoms with Gasteiger partial charge in [-0.05, 0) is 44.5 Å². The molecule has 19 heavy (non-hydrogen) atoms. The molecule has 1 aromatic carbocycles. The molecule has 1 aliphatic rings. The molecule has 4 nitrogen and oxygen atoms in total. The molecule has 104 valence electrons. The molecule has 0 spiro atoms. The molecule has 0 radical (unpaired) electrons. The van der Waals surface area contributed by atoms with Crippen molar-refractivity contribution in [1.29, 1.82) is 0 Å². The number of ether oxygens (including phenoxy) is 2. The van der Waals surface area contributed by atoms with Gasteiger partial charge in [0.15, 0.2) is 0 Å². The first kappa shape index (κ1) is 13.9. The number of rotatable bonds is 4. The Morgan fingerprint density at radius 2 is 2.26 bits per heavy atom. The van der Waals surface area contributed by atoms with Gasteiger partial charge in [0, 0.05) is 6.04 Å². The fraction of sp³-hybridized carbons (Fsp3) is 0.533. The summed E-state index contributed by atoms with van der Waals surface area (Å²) in [4.78, 5) is 11.5. The Kier molecular flexibility index (Phi) is 4.80. The van der Waals surface area contributed by atoms with E-state index in [9.17, 15) is 4.79 Å². The fourth-order valence-corrected chi connectivity index (χ4v) is 2.39. The SMILES string of the molecule is COC(=O)c1cccc(OC(C)C2CCCCN2)c1. The van der Waals surface area contributed by atoms with Crippen LogP contribution < -0.4 is 10.1 Å². The van der Waals surface area contributed by atoms with Gasteiger partial charge in [-0.3, -0.25) is 0 Å². The zero-order valence-corrected chi connectivity index (χ0v) is 11.5. The molecule has 2 atom stereocenters. The summed E-state index contributed by atoms with van der Waals surface area (Å²) in [5, 5.41) is 3.47. The van der Waals surface area contributed by atoms with Gasteiger partial charge in [0.2, 0.25) is 0 Å². The minimum absolute atomic E-state index is 0.0909. The highest BCUT2D eigenvalue weighted by Crippen LogP contribution is 2.19. The largest absolute Gasteiger partial charge is 0.489 e. The van der Waals surface area contributed by atoms with Crippen LogP contribution in [0.1, 0.15) is 36.5 Å². The molecular formula is C15H21NO3. The number of carbonyl (C=O) groups excluding carboxylic acids is 1. The van der Waals surface area contributed by atoms with Crippen molar-refractivity contribution < 1.29 is 14.3 Å². The van der Waals surface area contributed by atoms with Gasteiger partial charge in [0.25, 0.3) is 0 Å². The lowest BCUT2D eigenvalue weighted by Gasteiger charge is -2.29. The van der Waals surface area contributed by atoms with E-state index in [1.807, 2.05) is 12.1 Å². The van der Waals surface area contributed by atoms with Crippen LogP contribution in [0.25, 0.3) is 0 Å². The number of nitrogens with one attached hydrogen (secondary N) is 1.